The minimum Gasteiger partial charge on any atom is -0.345 e. The van der Waals surface area contributed by atoms with Crippen molar-refractivity contribution in [3.8, 4) is 0 Å². The monoisotopic (exact) mass is 254 g/mol. The van der Waals surface area contributed by atoms with E-state index in [0.717, 1.165) is 0 Å². The van der Waals surface area contributed by atoms with Crippen LogP contribution >= 0.6 is 11.6 Å². The van der Waals surface area contributed by atoms with Crippen molar-refractivity contribution in [1.29, 1.82) is 0 Å². The van der Waals surface area contributed by atoms with Gasteiger partial charge in [0.2, 0.25) is 0 Å². The van der Waals surface area contributed by atoms with Crippen molar-refractivity contribution in [2.75, 3.05) is 0 Å². The largest absolute Gasteiger partial charge is 0.345 e. The van der Waals surface area contributed by atoms with Crippen LogP contribution in [0.5, 0.6) is 0 Å². The summed E-state index contributed by atoms with van der Waals surface area (Å²) < 4.78 is 13.1. The zero-order chi connectivity index (χ0) is 12.3. The van der Waals surface area contributed by atoms with Gasteiger partial charge in [0.05, 0.1) is 17.1 Å². The summed E-state index contributed by atoms with van der Waals surface area (Å²) in [4.78, 5) is 15.5. The van der Waals surface area contributed by atoms with Gasteiger partial charge in [-0.1, -0.05) is 17.7 Å². The fraction of sp³-hybridized carbons (Fsp3) is 0.100. The van der Waals surface area contributed by atoms with Crippen LogP contribution in [0.2, 0.25) is 5.02 Å². The second-order valence-electron chi connectivity index (χ2n) is 3.22. The lowest BCUT2D eigenvalue weighted by atomic mass is 10.2. The van der Waals surface area contributed by atoms with Crippen molar-refractivity contribution in [3.05, 3.63) is 46.8 Å². The number of nitrogens with one attached hydrogen (secondary N) is 2. The van der Waals surface area contributed by atoms with Crippen molar-refractivity contribution in [2.24, 2.45) is 0 Å². The molecule has 0 fully saturated rings. The third-order valence-electron chi connectivity index (χ3n) is 2.08. The fourth-order valence-corrected chi connectivity index (χ4v) is 1.47. The average molecular weight is 255 g/mol. The van der Waals surface area contributed by atoms with Crippen LogP contribution in [-0.2, 0) is 6.54 Å². The van der Waals surface area contributed by atoms with Crippen molar-refractivity contribution < 1.29 is 9.18 Å². The number of benzene rings is 1. The first-order valence-corrected chi connectivity index (χ1v) is 5.12. The molecule has 2 aromatic rings. The number of halogens is 2. The number of rotatable bonds is 3. The number of carbonyl (C=O) groups excluding carboxylic acids is 1. The number of hydrogen-bond acceptors (Lipinski definition) is 3. The Morgan fingerprint density at radius 1 is 1.53 bits per heavy atom. The minimum absolute atomic E-state index is 0.0891. The van der Waals surface area contributed by atoms with E-state index in [0.29, 0.717) is 5.82 Å². The van der Waals surface area contributed by atoms with Crippen molar-refractivity contribution in [3.63, 3.8) is 0 Å². The molecule has 0 saturated heterocycles. The molecule has 1 amide bonds. The molecule has 0 saturated carbocycles. The fourth-order valence-electron chi connectivity index (χ4n) is 1.25. The van der Waals surface area contributed by atoms with Crippen LogP contribution in [0.3, 0.4) is 0 Å². The van der Waals surface area contributed by atoms with E-state index in [9.17, 15) is 9.18 Å². The zero-order valence-corrected chi connectivity index (χ0v) is 9.33. The molecule has 88 valence electrons. The number of aromatic amines is 1. The second-order valence-corrected chi connectivity index (χ2v) is 3.59. The molecule has 2 rings (SSSR count). The maximum absolute atomic E-state index is 13.1. The molecule has 1 aromatic heterocycles. The normalized spacial score (nSPS) is 10.2. The van der Waals surface area contributed by atoms with Gasteiger partial charge in [-0.05, 0) is 12.1 Å². The minimum atomic E-state index is -0.626. The van der Waals surface area contributed by atoms with E-state index in [-0.39, 0.29) is 17.1 Å². The molecule has 1 heterocycles. The summed E-state index contributed by atoms with van der Waals surface area (Å²) in [7, 11) is 0. The molecule has 7 heteroatoms. The molecule has 1 aromatic carbocycles. The second kappa shape index (κ2) is 4.92. The molecule has 0 aliphatic heterocycles. The number of carbonyl (C=O) groups is 1. The molecule has 2 N–H and O–H groups in total. The molecule has 0 atom stereocenters. The Balaban J connectivity index is 2.07. The molecule has 0 radical (unpaired) electrons. The highest BCUT2D eigenvalue weighted by Gasteiger charge is 2.13. The Bertz CT molecular complexity index is 529. The van der Waals surface area contributed by atoms with Crippen LogP contribution in [-0.4, -0.2) is 21.1 Å². The van der Waals surface area contributed by atoms with E-state index >= 15 is 0 Å². The van der Waals surface area contributed by atoms with Crippen LogP contribution in [0.25, 0.3) is 0 Å². The lowest BCUT2D eigenvalue weighted by Crippen LogP contribution is -2.23. The highest BCUT2D eigenvalue weighted by Crippen LogP contribution is 2.19. The van der Waals surface area contributed by atoms with E-state index in [1.807, 2.05) is 0 Å². The highest BCUT2D eigenvalue weighted by molar-refractivity contribution is 6.34. The number of amides is 1. The van der Waals surface area contributed by atoms with Gasteiger partial charge in [0.25, 0.3) is 5.91 Å². The molecule has 17 heavy (non-hydrogen) atoms. The molecule has 0 unspecified atom stereocenters. The van der Waals surface area contributed by atoms with Gasteiger partial charge in [-0.3, -0.25) is 9.89 Å². The summed E-state index contributed by atoms with van der Waals surface area (Å²) in [5.74, 6) is -0.587. The van der Waals surface area contributed by atoms with Gasteiger partial charge < -0.3 is 5.32 Å². The topological polar surface area (TPSA) is 70.7 Å². The molecule has 0 aliphatic carbocycles. The quantitative estimate of drug-likeness (QED) is 0.873. The Labute approximate surface area is 101 Å². The summed E-state index contributed by atoms with van der Waals surface area (Å²) in [6, 6.07) is 4.06. The van der Waals surface area contributed by atoms with Gasteiger partial charge in [-0.25, -0.2) is 9.37 Å². The first kappa shape index (κ1) is 11.5. The van der Waals surface area contributed by atoms with E-state index < -0.39 is 11.7 Å². The van der Waals surface area contributed by atoms with Gasteiger partial charge in [0.15, 0.2) is 0 Å². The van der Waals surface area contributed by atoms with Crippen LogP contribution in [0, 0.1) is 5.82 Å². The van der Waals surface area contributed by atoms with Crippen LogP contribution in [0.1, 0.15) is 16.2 Å². The van der Waals surface area contributed by atoms with Gasteiger partial charge in [-0.15, -0.1) is 0 Å². The molecule has 0 bridgehead atoms. The third-order valence-corrected chi connectivity index (χ3v) is 2.46. The number of hydrogen-bond donors (Lipinski definition) is 2. The first-order valence-electron chi connectivity index (χ1n) is 4.75. The summed E-state index contributed by atoms with van der Waals surface area (Å²) in [5, 5.41) is 8.57. The lowest BCUT2D eigenvalue weighted by molar-refractivity contribution is 0.0949. The Morgan fingerprint density at radius 2 is 2.35 bits per heavy atom. The Kier molecular flexibility index (Phi) is 3.34. The molecule has 5 nitrogen and oxygen atoms in total. The predicted octanol–water partition coefficient (Wildman–Crippen LogP) is 1.53. The van der Waals surface area contributed by atoms with Gasteiger partial charge >= 0.3 is 0 Å². The predicted molar refractivity (Wildman–Crippen MR) is 59.0 cm³/mol. The summed E-state index contributed by atoms with van der Waals surface area (Å²) >= 11 is 5.68. The smallest absolute Gasteiger partial charge is 0.253 e. The van der Waals surface area contributed by atoms with E-state index in [1.165, 1.54) is 24.5 Å². The number of aromatic nitrogens is 3. The van der Waals surface area contributed by atoms with Crippen molar-refractivity contribution >= 4 is 17.5 Å². The van der Waals surface area contributed by atoms with Crippen molar-refractivity contribution in [1.82, 2.24) is 20.5 Å². The van der Waals surface area contributed by atoms with Crippen LogP contribution < -0.4 is 5.32 Å². The lowest BCUT2D eigenvalue weighted by Gasteiger charge is -2.05. The number of nitrogens with zero attached hydrogens (tertiary/aromatic N) is 2. The summed E-state index contributed by atoms with van der Waals surface area (Å²) in [5.41, 5.74) is 0.0891. The molecular formula is C10H8ClFN4O. The summed E-state index contributed by atoms with van der Waals surface area (Å²) in [6.07, 6.45) is 1.33. The van der Waals surface area contributed by atoms with Gasteiger partial charge in [-0.2, -0.15) is 5.10 Å². The highest BCUT2D eigenvalue weighted by atomic mass is 35.5. The molecular weight excluding hydrogens is 247 g/mol. The zero-order valence-electron chi connectivity index (χ0n) is 8.58. The average Bonchev–Trinajstić information content (AvgIpc) is 2.82. The SMILES string of the molecule is O=C(NCc1ncn[nH]1)c1cccc(F)c1Cl. The summed E-state index contributed by atoms with van der Waals surface area (Å²) in [6.45, 7) is 0.172. The first-order chi connectivity index (χ1) is 8.18. The number of H-pyrrole nitrogens is 1. The van der Waals surface area contributed by atoms with E-state index in [2.05, 4.69) is 20.5 Å². The molecule has 0 aliphatic rings. The maximum Gasteiger partial charge on any atom is 0.253 e. The van der Waals surface area contributed by atoms with Gasteiger partial charge in [0.1, 0.15) is 18.0 Å². The van der Waals surface area contributed by atoms with Crippen molar-refractivity contribution in [2.45, 2.75) is 6.54 Å². The maximum atomic E-state index is 13.1. The Hall–Kier alpha value is -1.95. The van der Waals surface area contributed by atoms with Crippen LogP contribution in [0.4, 0.5) is 4.39 Å². The van der Waals surface area contributed by atoms with Gasteiger partial charge in [0, 0.05) is 0 Å². The molecule has 0 spiro atoms. The van der Waals surface area contributed by atoms with E-state index in [4.69, 9.17) is 11.6 Å². The third kappa shape index (κ3) is 2.59. The Morgan fingerprint density at radius 3 is 3.06 bits per heavy atom. The standard InChI is InChI=1S/C10H8ClFN4O/c11-9-6(2-1-3-7(9)12)10(17)13-4-8-14-5-15-16-8/h1-3,5H,4H2,(H,13,17)(H,14,15,16). The van der Waals surface area contributed by atoms with Crippen LogP contribution in [0.15, 0.2) is 24.5 Å². The van der Waals surface area contributed by atoms with E-state index in [1.54, 1.807) is 0 Å².